The highest BCUT2D eigenvalue weighted by Crippen LogP contribution is 2.23. The number of carbonyl (C=O) groups is 1. The Balaban J connectivity index is 2.52. The van der Waals surface area contributed by atoms with Crippen LogP contribution in [0.25, 0.3) is 10.9 Å². The Morgan fingerprint density at radius 2 is 2.11 bits per heavy atom. The number of carbonyl (C=O) groups excluding carboxylic acids is 1. The van der Waals surface area contributed by atoms with Crippen molar-refractivity contribution in [1.82, 2.24) is 9.78 Å². The second-order valence-corrected chi connectivity index (χ2v) is 6.05. The lowest BCUT2D eigenvalue weighted by atomic mass is 10.1. The molecule has 5 heteroatoms. The van der Waals surface area contributed by atoms with Crippen LogP contribution in [-0.4, -0.2) is 21.5 Å². The average molecular weight is 325 g/mol. The van der Waals surface area contributed by atoms with Crippen molar-refractivity contribution in [3.63, 3.8) is 0 Å². The lowest BCUT2D eigenvalue weighted by Gasteiger charge is -2.19. The molecule has 2 rings (SSSR count). The summed E-state index contributed by atoms with van der Waals surface area (Å²) in [4.78, 5) is 12.2. The number of alkyl halides is 1. The molecule has 0 aliphatic heterocycles. The van der Waals surface area contributed by atoms with E-state index in [2.05, 4.69) is 21.0 Å². The second-order valence-electron chi connectivity index (χ2n) is 5.49. The summed E-state index contributed by atoms with van der Waals surface area (Å²) in [7, 11) is 0. The number of hydrogen-bond donors (Lipinski definition) is 0. The largest absolute Gasteiger partial charge is 0.442 e. The van der Waals surface area contributed by atoms with Gasteiger partial charge in [0, 0.05) is 10.7 Å². The fourth-order valence-electron chi connectivity index (χ4n) is 1.84. The third-order valence-electron chi connectivity index (χ3n) is 2.60. The zero-order valence-corrected chi connectivity index (χ0v) is 13.1. The van der Waals surface area contributed by atoms with Crippen molar-refractivity contribution in [3.05, 3.63) is 29.5 Å². The minimum atomic E-state index is -0.533. The van der Waals surface area contributed by atoms with Crippen molar-refractivity contribution in [2.45, 2.75) is 38.6 Å². The Hall–Kier alpha value is -1.36. The molecule has 0 amide bonds. The summed E-state index contributed by atoms with van der Waals surface area (Å²) < 4.78 is 6.70. The van der Waals surface area contributed by atoms with Crippen LogP contribution in [0.2, 0.25) is 0 Å². The first-order valence-corrected chi connectivity index (χ1v) is 7.21. The standard InChI is InChI=1S/C14H17BrN2O2/c1-9-5-6-12-10(7-9)11(8-15)16-17(12)13(18)19-14(2,3)4/h5-7H,8H2,1-4H3. The van der Waals surface area contributed by atoms with E-state index in [0.717, 1.165) is 22.2 Å². The predicted molar refractivity (Wildman–Crippen MR) is 78.7 cm³/mol. The highest BCUT2D eigenvalue weighted by Gasteiger charge is 2.21. The van der Waals surface area contributed by atoms with Crippen LogP contribution in [-0.2, 0) is 10.1 Å². The van der Waals surface area contributed by atoms with Crippen LogP contribution in [0.5, 0.6) is 0 Å². The normalized spacial score (nSPS) is 11.8. The number of nitrogens with zero attached hydrogens (tertiary/aromatic N) is 2. The van der Waals surface area contributed by atoms with Gasteiger partial charge in [-0.1, -0.05) is 27.6 Å². The van der Waals surface area contributed by atoms with E-state index in [9.17, 15) is 4.79 Å². The Bertz CT molecular complexity index is 626. The summed E-state index contributed by atoms with van der Waals surface area (Å²) in [5.74, 6) is 0. The maximum absolute atomic E-state index is 12.2. The number of halogens is 1. The molecule has 1 aromatic carbocycles. The molecule has 19 heavy (non-hydrogen) atoms. The average Bonchev–Trinajstić information content (AvgIpc) is 2.64. The molecule has 1 aromatic heterocycles. The van der Waals surface area contributed by atoms with Gasteiger partial charge >= 0.3 is 6.09 Å². The molecular formula is C14H17BrN2O2. The van der Waals surface area contributed by atoms with Gasteiger partial charge in [-0.3, -0.25) is 0 Å². The maximum atomic E-state index is 12.2. The van der Waals surface area contributed by atoms with Crippen molar-refractivity contribution in [3.8, 4) is 0 Å². The van der Waals surface area contributed by atoms with Gasteiger partial charge in [0.2, 0.25) is 0 Å². The molecule has 0 saturated heterocycles. The van der Waals surface area contributed by atoms with Gasteiger partial charge < -0.3 is 4.74 Å². The molecule has 102 valence electrons. The second kappa shape index (κ2) is 4.96. The molecule has 0 spiro atoms. The van der Waals surface area contributed by atoms with Gasteiger partial charge in [0.1, 0.15) is 5.60 Å². The van der Waals surface area contributed by atoms with E-state index in [-0.39, 0.29) is 0 Å². The van der Waals surface area contributed by atoms with Crippen LogP contribution in [0.3, 0.4) is 0 Å². The zero-order chi connectivity index (χ0) is 14.2. The smallest absolute Gasteiger partial charge is 0.435 e. The van der Waals surface area contributed by atoms with Crippen LogP contribution < -0.4 is 0 Å². The Morgan fingerprint density at radius 3 is 2.68 bits per heavy atom. The van der Waals surface area contributed by atoms with Crippen molar-refractivity contribution in [1.29, 1.82) is 0 Å². The Morgan fingerprint density at radius 1 is 1.42 bits per heavy atom. The van der Waals surface area contributed by atoms with Gasteiger partial charge in [-0.2, -0.15) is 9.78 Å². The molecule has 0 radical (unpaired) electrons. The number of ether oxygens (including phenoxy) is 1. The summed E-state index contributed by atoms with van der Waals surface area (Å²) in [5.41, 5.74) is 2.21. The number of hydrogen-bond acceptors (Lipinski definition) is 3. The quantitative estimate of drug-likeness (QED) is 0.744. The van der Waals surface area contributed by atoms with E-state index >= 15 is 0 Å². The lowest BCUT2D eigenvalue weighted by Crippen LogP contribution is -2.27. The maximum Gasteiger partial charge on any atom is 0.435 e. The minimum absolute atomic E-state index is 0.450. The van der Waals surface area contributed by atoms with Crippen LogP contribution in [0, 0.1) is 6.92 Å². The third-order valence-corrected chi connectivity index (χ3v) is 3.14. The minimum Gasteiger partial charge on any atom is -0.442 e. The van der Waals surface area contributed by atoms with E-state index in [1.807, 2.05) is 45.9 Å². The van der Waals surface area contributed by atoms with Gasteiger partial charge in [0.05, 0.1) is 11.2 Å². The molecule has 0 bridgehead atoms. The fourth-order valence-corrected chi connectivity index (χ4v) is 2.25. The fraction of sp³-hybridized carbons (Fsp3) is 0.429. The predicted octanol–water partition coefficient (Wildman–Crippen LogP) is 4.02. The molecular weight excluding hydrogens is 308 g/mol. The summed E-state index contributed by atoms with van der Waals surface area (Å²) in [6, 6.07) is 5.89. The molecule has 0 aliphatic rings. The highest BCUT2D eigenvalue weighted by molar-refractivity contribution is 9.08. The summed E-state index contributed by atoms with van der Waals surface area (Å²) in [6.45, 7) is 7.53. The van der Waals surface area contributed by atoms with Gasteiger partial charge in [-0.05, 0) is 39.8 Å². The number of fused-ring (bicyclic) bond motifs is 1. The number of rotatable bonds is 1. The topological polar surface area (TPSA) is 44.1 Å². The van der Waals surface area contributed by atoms with Gasteiger partial charge in [0.15, 0.2) is 0 Å². The molecule has 0 saturated carbocycles. The van der Waals surface area contributed by atoms with Crippen LogP contribution in [0.4, 0.5) is 4.79 Å². The first-order valence-electron chi connectivity index (χ1n) is 6.09. The molecule has 4 nitrogen and oxygen atoms in total. The van der Waals surface area contributed by atoms with Crippen LogP contribution >= 0.6 is 15.9 Å². The molecule has 0 unspecified atom stereocenters. The van der Waals surface area contributed by atoms with Gasteiger partial charge in [-0.25, -0.2) is 4.79 Å². The summed E-state index contributed by atoms with van der Waals surface area (Å²) in [5, 5.41) is 5.90. The lowest BCUT2D eigenvalue weighted by molar-refractivity contribution is 0.0522. The Labute approximate surface area is 120 Å². The van der Waals surface area contributed by atoms with Crippen LogP contribution in [0.1, 0.15) is 32.0 Å². The first kappa shape index (κ1) is 14.1. The van der Waals surface area contributed by atoms with Crippen molar-refractivity contribution in [2.24, 2.45) is 0 Å². The van der Waals surface area contributed by atoms with E-state index in [0.29, 0.717) is 5.33 Å². The summed E-state index contributed by atoms with van der Waals surface area (Å²) in [6.07, 6.45) is -0.450. The molecule has 2 aromatic rings. The zero-order valence-electron chi connectivity index (χ0n) is 11.5. The van der Waals surface area contributed by atoms with Crippen LogP contribution in [0.15, 0.2) is 18.2 Å². The molecule has 0 aliphatic carbocycles. The third kappa shape index (κ3) is 2.97. The van der Waals surface area contributed by atoms with E-state index < -0.39 is 11.7 Å². The monoisotopic (exact) mass is 324 g/mol. The van der Waals surface area contributed by atoms with Gasteiger partial charge in [-0.15, -0.1) is 0 Å². The van der Waals surface area contributed by atoms with E-state index in [1.165, 1.54) is 4.68 Å². The Kier molecular flexibility index (Phi) is 3.67. The SMILES string of the molecule is Cc1ccc2c(c1)c(CBr)nn2C(=O)OC(C)(C)C. The number of benzene rings is 1. The number of aryl methyl sites for hydroxylation is 1. The highest BCUT2D eigenvalue weighted by atomic mass is 79.9. The molecule has 0 atom stereocenters. The van der Waals surface area contributed by atoms with E-state index in [4.69, 9.17) is 4.74 Å². The number of aromatic nitrogens is 2. The van der Waals surface area contributed by atoms with Gasteiger partial charge in [0.25, 0.3) is 0 Å². The van der Waals surface area contributed by atoms with E-state index in [1.54, 1.807) is 0 Å². The molecule has 1 heterocycles. The van der Waals surface area contributed by atoms with Crippen molar-refractivity contribution < 1.29 is 9.53 Å². The molecule has 0 fully saturated rings. The molecule has 0 N–H and O–H groups in total. The van der Waals surface area contributed by atoms with Crippen molar-refractivity contribution in [2.75, 3.05) is 0 Å². The van der Waals surface area contributed by atoms with Crippen molar-refractivity contribution >= 4 is 32.9 Å². The first-order chi connectivity index (χ1) is 8.81. The summed E-state index contributed by atoms with van der Waals surface area (Å²) >= 11 is 3.40.